The van der Waals surface area contributed by atoms with Crippen LogP contribution >= 0.6 is 11.6 Å². The maximum Gasteiger partial charge on any atom is 0.341 e. The quantitative estimate of drug-likeness (QED) is 0.310. The van der Waals surface area contributed by atoms with Crippen LogP contribution in [0.25, 0.3) is 22.1 Å². The maximum atomic E-state index is 14.8. The van der Waals surface area contributed by atoms with Gasteiger partial charge in [0.05, 0.1) is 33.9 Å². The minimum Gasteiger partial charge on any atom is -0.421 e. The molecule has 11 heteroatoms. The van der Waals surface area contributed by atoms with Crippen LogP contribution in [0.5, 0.6) is 0 Å². The Balaban J connectivity index is 1.88. The number of pyridine rings is 1. The standard InChI is InChI=1S/C27H25ClFN3O5S/c1-13-8-11-19(18(29)12-13)30-24-14(2)27(34)37-25-21(15(3)32(16-9-10-16)26(33)22(24)25)17-6-5-7-20(23(17)28)31-38(4,35)36/h5-8,11-12,16,30-31H,9-10H2,1-4H3. The van der Waals surface area contributed by atoms with Gasteiger partial charge in [0.2, 0.25) is 10.0 Å². The molecule has 0 unspecified atom stereocenters. The number of hydrogen-bond donors (Lipinski definition) is 2. The number of anilines is 3. The molecule has 2 N–H and O–H groups in total. The van der Waals surface area contributed by atoms with Gasteiger partial charge < -0.3 is 14.3 Å². The van der Waals surface area contributed by atoms with Gasteiger partial charge in [-0.15, -0.1) is 0 Å². The molecule has 0 radical (unpaired) electrons. The number of aryl methyl sites for hydroxylation is 1. The van der Waals surface area contributed by atoms with E-state index >= 15 is 0 Å². The Labute approximate surface area is 223 Å². The van der Waals surface area contributed by atoms with Crippen molar-refractivity contribution < 1.29 is 17.2 Å². The number of aromatic nitrogens is 1. The Morgan fingerprint density at radius 3 is 2.42 bits per heavy atom. The molecule has 0 atom stereocenters. The highest BCUT2D eigenvalue weighted by Crippen LogP contribution is 2.43. The molecular formula is C27H25ClFN3O5S. The first-order valence-electron chi connectivity index (χ1n) is 11.9. The molecule has 38 heavy (non-hydrogen) atoms. The average Bonchev–Trinajstić information content (AvgIpc) is 3.65. The van der Waals surface area contributed by atoms with Crippen molar-refractivity contribution >= 4 is 49.7 Å². The van der Waals surface area contributed by atoms with E-state index in [2.05, 4.69) is 10.0 Å². The van der Waals surface area contributed by atoms with Crippen LogP contribution in [0, 0.1) is 26.6 Å². The van der Waals surface area contributed by atoms with Crippen LogP contribution in [-0.2, 0) is 10.0 Å². The number of benzene rings is 2. The third-order valence-electron chi connectivity index (χ3n) is 6.60. The molecule has 0 saturated heterocycles. The molecule has 2 aromatic carbocycles. The van der Waals surface area contributed by atoms with E-state index in [4.69, 9.17) is 16.0 Å². The summed E-state index contributed by atoms with van der Waals surface area (Å²) in [6, 6.07) is 9.32. The van der Waals surface area contributed by atoms with Crippen molar-refractivity contribution in [3.8, 4) is 11.1 Å². The zero-order valence-corrected chi connectivity index (χ0v) is 22.7. The predicted molar refractivity (Wildman–Crippen MR) is 148 cm³/mol. The van der Waals surface area contributed by atoms with Gasteiger partial charge in [0, 0.05) is 22.9 Å². The summed E-state index contributed by atoms with van der Waals surface area (Å²) in [5.41, 5.74) is 1.36. The molecule has 4 aromatic rings. The van der Waals surface area contributed by atoms with Crippen molar-refractivity contribution in [2.75, 3.05) is 16.3 Å². The minimum absolute atomic E-state index is 0.0200. The summed E-state index contributed by atoms with van der Waals surface area (Å²) in [4.78, 5) is 26.9. The van der Waals surface area contributed by atoms with E-state index in [9.17, 15) is 22.4 Å². The normalized spacial score (nSPS) is 13.6. The third kappa shape index (κ3) is 4.58. The van der Waals surface area contributed by atoms with Crippen molar-refractivity contribution in [2.45, 2.75) is 39.7 Å². The smallest absolute Gasteiger partial charge is 0.341 e. The van der Waals surface area contributed by atoms with E-state index < -0.39 is 21.5 Å². The lowest BCUT2D eigenvalue weighted by atomic mass is 9.99. The molecular weight excluding hydrogens is 533 g/mol. The lowest BCUT2D eigenvalue weighted by Crippen LogP contribution is -2.25. The lowest BCUT2D eigenvalue weighted by Gasteiger charge is -2.20. The number of rotatable bonds is 6. The van der Waals surface area contributed by atoms with E-state index in [0.717, 1.165) is 19.1 Å². The first kappa shape index (κ1) is 26.0. The molecule has 1 aliphatic carbocycles. The zero-order chi connectivity index (χ0) is 27.5. The van der Waals surface area contributed by atoms with Crippen LogP contribution in [-0.4, -0.2) is 19.2 Å². The molecule has 0 amide bonds. The second kappa shape index (κ2) is 9.28. The van der Waals surface area contributed by atoms with Crippen LogP contribution in [0.4, 0.5) is 21.5 Å². The van der Waals surface area contributed by atoms with Crippen molar-refractivity contribution in [3.63, 3.8) is 0 Å². The molecule has 2 heterocycles. The van der Waals surface area contributed by atoms with Crippen LogP contribution < -0.4 is 21.2 Å². The third-order valence-corrected chi connectivity index (χ3v) is 7.59. The highest BCUT2D eigenvalue weighted by atomic mass is 35.5. The summed E-state index contributed by atoms with van der Waals surface area (Å²) in [6.07, 6.45) is 2.59. The molecule has 5 rings (SSSR count). The largest absolute Gasteiger partial charge is 0.421 e. The van der Waals surface area contributed by atoms with Crippen LogP contribution in [0.1, 0.15) is 35.7 Å². The fourth-order valence-electron chi connectivity index (χ4n) is 4.67. The molecule has 8 nitrogen and oxygen atoms in total. The van der Waals surface area contributed by atoms with E-state index in [1.54, 1.807) is 36.6 Å². The van der Waals surface area contributed by atoms with Crippen LogP contribution in [0.3, 0.4) is 0 Å². The molecule has 1 fully saturated rings. The van der Waals surface area contributed by atoms with Crippen LogP contribution in [0.2, 0.25) is 5.02 Å². The Hall–Kier alpha value is -3.63. The number of fused-ring (bicyclic) bond motifs is 1. The number of nitrogens with zero attached hydrogens (tertiary/aromatic N) is 1. The molecule has 0 bridgehead atoms. The van der Waals surface area contributed by atoms with Gasteiger partial charge in [-0.1, -0.05) is 29.8 Å². The van der Waals surface area contributed by atoms with Gasteiger partial charge in [0.1, 0.15) is 11.2 Å². The number of halogens is 2. The fourth-order valence-corrected chi connectivity index (χ4v) is 5.56. The number of sulfonamides is 1. The Bertz CT molecular complexity index is 1860. The van der Waals surface area contributed by atoms with Gasteiger partial charge in [0.15, 0.2) is 5.58 Å². The highest BCUT2D eigenvalue weighted by Gasteiger charge is 2.32. The topological polar surface area (TPSA) is 110 Å². The highest BCUT2D eigenvalue weighted by molar-refractivity contribution is 7.92. The number of hydrogen-bond acceptors (Lipinski definition) is 6. The summed E-state index contributed by atoms with van der Waals surface area (Å²) in [6.45, 7) is 4.99. The Morgan fingerprint density at radius 2 is 1.79 bits per heavy atom. The summed E-state index contributed by atoms with van der Waals surface area (Å²) >= 11 is 6.69. The second-order valence-corrected chi connectivity index (χ2v) is 11.7. The van der Waals surface area contributed by atoms with Gasteiger partial charge in [0.25, 0.3) is 5.56 Å². The van der Waals surface area contributed by atoms with Crippen LogP contribution in [0.15, 0.2) is 50.4 Å². The van der Waals surface area contributed by atoms with Crippen molar-refractivity contribution in [1.82, 2.24) is 4.57 Å². The zero-order valence-electron chi connectivity index (χ0n) is 21.1. The van der Waals surface area contributed by atoms with Gasteiger partial charge in [-0.3, -0.25) is 9.52 Å². The minimum atomic E-state index is -3.64. The summed E-state index contributed by atoms with van der Waals surface area (Å²) in [5.74, 6) is -0.539. The average molecular weight is 558 g/mol. The SMILES string of the molecule is Cc1ccc(Nc2c(C)c(=O)oc3c(-c4cccc(NS(C)(=O)=O)c4Cl)c(C)n(C4CC4)c(=O)c23)c(F)c1. The lowest BCUT2D eigenvalue weighted by molar-refractivity contribution is 0.553. The van der Waals surface area contributed by atoms with Crippen molar-refractivity contribution in [3.05, 3.63) is 84.8 Å². The van der Waals surface area contributed by atoms with Crippen molar-refractivity contribution in [2.24, 2.45) is 0 Å². The Kier molecular flexibility index (Phi) is 6.35. The van der Waals surface area contributed by atoms with E-state index in [0.29, 0.717) is 22.4 Å². The Morgan fingerprint density at radius 1 is 1.08 bits per heavy atom. The molecule has 0 spiro atoms. The first-order chi connectivity index (χ1) is 17.9. The molecule has 198 valence electrons. The molecule has 0 aliphatic heterocycles. The van der Waals surface area contributed by atoms with Gasteiger partial charge >= 0.3 is 5.63 Å². The maximum absolute atomic E-state index is 14.8. The second-order valence-electron chi connectivity index (χ2n) is 9.61. The van der Waals surface area contributed by atoms with E-state index in [1.165, 1.54) is 25.1 Å². The first-order valence-corrected chi connectivity index (χ1v) is 14.2. The molecule has 1 saturated carbocycles. The van der Waals surface area contributed by atoms with Gasteiger partial charge in [-0.05, 0) is 57.4 Å². The van der Waals surface area contributed by atoms with E-state index in [1.807, 2.05) is 0 Å². The van der Waals surface area contributed by atoms with E-state index in [-0.39, 0.29) is 50.2 Å². The van der Waals surface area contributed by atoms with Gasteiger partial charge in [-0.2, -0.15) is 0 Å². The summed E-state index contributed by atoms with van der Waals surface area (Å²) in [7, 11) is -3.64. The summed E-state index contributed by atoms with van der Waals surface area (Å²) < 4.78 is 48.4. The monoisotopic (exact) mass is 557 g/mol. The van der Waals surface area contributed by atoms with Crippen molar-refractivity contribution in [1.29, 1.82) is 0 Å². The fraction of sp³-hybridized carbons (Fsp3) is 0.259. The molecule has 2 aromatic heterocycles. The molecule has 1 aliphatic rings. The summed E-state index contributed by atoms with van der Waals surface area (Å²) in [5, 5.41) is 3.11. The number of nitrogens with one attached hydrogen (secondary N) is 2. The predicted octanol–water partition coefficient (Wildman–Crippen LogP) is 5.79. The van der Waals surface area contributed by atoms with Gasteiger partial charge in [-0.25, -0.2) is 17.6 Å².